The highest BCUT2D eigenvalue weighted by atomic mass is 16.5. The minimum atomic E-state index is -0.180. The second-order valence-electron chi connectivity index (χ2n) is 8.34. The van der Waals surface area contributed by atoms with Crippen LogP contribution < -0.4 is 10.1 Å². The number of fused-ring (bicyclic) bond motifs is 1. The molecule has 4 nitrogen and oxygen atoms in total. The van der Waals surface area contributed by atoms with E-state index in [1.165, 1.54) is 11.1 Å². The molecule has 0 atom stereocenters. The molecule has 0 saturated heterocycles. The molecule has 33 heavy (non-hydrogen) atoms. The lowest BCUT2D eigenvalue weighted by Gasteiger charge is -2.15. The van der Waals surface area contributed by atoms with Gasteiger partial charge in [0.25, 0.3) is 0 Å². The first-order valence-corrected chi connectivity index (χ1v) is 11.2. The summed E-state index contributed by atoms with van der Waals surface area (Å²) in [4.78, 5) is 12.7. The van der Waals surface area contributed by atoms with Gasteiger partial charge in [0.1, 0.15) is 11.3 Å². The van der Waals surface area contributed by atoms with Gasteiger partial charge in [0.2, 0.25) is 5.91 Å². The number of hydrogen-bond acceptors (Lipinski definition) is 3. The highest BCUT2D eigenvalue weighted by molar-refractivity contribution is 6.06. The number of furan rings is 1. The van der Waals surface area contributed by atoms with Crippen molar-refractivity contribution in [2.24, 2.45) is 0 Å². The molecule has 1 aromatic heterocycles. The van der Waals surface area contributed by atoms with Gasteiger partial charge >= 0.3 is 0 Å². The second kappa shape index (κ2) is 9.37. The number of carbonyl (C=O) groups excluding carboxylic acids is 1. The fourth-order valence-corrected chi connectivity index (χ4v) is 4.24. The largest absolute Gasteiger partial charge is 0.493 e. The van der Waals surface area contributed by atoms with Crippen LogP contribution in [0.4, 0.5) is 5.69 Å². The molecule has 0 spiro atoms. The van der Waals surface area contributed by atoms with Crippen LogP contribution in [0.1, 0.15) is 36.1 Å². The van der Waals surface area contributed by atoms with E-state index in [4.69, 9.17) is 9.15 Å². The molecule has 0 aliphatic heterocycles. The summed E-state index contributed by atoms with van der Waals surface area (Å²) in [7, 11) is 0. The van der Waals surface area contributed by atoms with Crippen LogP contribution in [0.3, 0.4) is 0 Å². The fourth-order valence-electron chi connectivity index (χ4n) is 4.24. The summed E-state index contributed by atoms with van der Waals surface area (Å²) in [5, 5.41) is 3.92. The van der Waals surface area contributed by atoms with Gasteiger partial charge in [-0.3, -0.25) is 4.79 Å². The maximum atomic E-state index is 12.7. The van der Waals surface area contributed by atoms with Crippen LogP contribution in [0.25, 0.3) is 27.7 Å². The zero-order valence-electron chi connectivity index (χ0n) is 19.8. The van der Waals surface area contributed by atoms with Gasteiger partial charge < -0.3 is 14.5 Å². The molecule has 4 heteroatoms. The summed E-state index contributed by atoms with van der Waals surface area (Å²) in [6.07, 6.45) is 3.43. The van der Waals surface area contributed by atoms with E-state index < -0.39 is 0 Å². The van der Waals surface area contributed by atoms with Crippen molar-refractivity contribution in [3.05, 3.63) is 89.2 Å². The van der Waals surface area contributed by atoms with Crippen molar-refractivity contribution in [2.45, 2.75) is 34.6 Å². The maximum Gasteiger partial charge on any atom is 0.248 e. The Hall–Kier alpha value is -3.79. The van der Waals surface area contributed by atoms with E-state index in [1.807, 2.05) is 57.4 Å². The zero-order valence-corrected chi connectivity index (χ0v) is 19.8. The minimum Gasteiger partial charge on any atom is -0.493 e. The number of anilines is 1. The molecular formula is C29H29NO3. The smallest absolute Gasteiger partial charge is 0.248 e. The fraction of sp³-hybridized carbons (Fsp3) is 0.207. The molecule has 0 saturated carbocycles. The van der Waals surface area contributed by atoms with Gasteiger partial charge in [0.15, 0.2) is 0 Å². The number of allylic oxidation sites excluding steroid dienone is 1. The normalized spacial score (nSPS) is 11.6. The lowest BCUT2D eigenvalue weighted by molar-refractivity contribution is -0.111. The van der Waals surface area contributed by atoms with E-state index in [1.54, 1.807) is 6.08 Å². The predicted molar refractivity (Wildman–Crippen MR) is 136 cm³/mol. The number of amides is 1. The highest BCUT2D eigenvalue weighted by Gasteiger charge is 2.20. The van der Waals surface area contributed by atoms with Gasteiger partial charge in [-0.25, -0.2) is 0 Å². The van der Waals surface area contributed by atoms with E-state index in [2.05, 4.69) is 43.4 Å². The van der Waals surface area contributed by atoms with Crippen molar-refractivity contribution < 1.29 is 13.9 Å². The SMILES string of the molecule is CCOc1c(/C(C)=C/C(=O)Nc2ccccc2)cc2c(-c3ccc(C)cc3C)coc2c1C. The topological polar surface area (TPSA) is 51.5 Å². The number of benzene rings is 3. The molecule has 1 N–H and O–H groups in total. The second-order valence-corrected chi connectivity index (χ2v) is 8.34. The lowest BCUT2D eigenvalue weighted by Crippen LogP contribution is -2.08. The molecule has 4 aromatic rings. The summed E-state index contributed by atoms with van der Waals surface area (Å²) in [5.74, 6) is 0.563. The summed E-state index contributed by atoms with van der Waals surface area (Å²) >= 11 is 0. The molecular weight excluding hydrogens is 410 g/mol. The van der Waals surface area contributed by atoms with Gasteiger partial charge in [-0.05, 0) is 69.5 Å². The molecule has 3 aromatic carbocycles. The Labute approximate surface area is 194 Å². The van der Waals surface area contributed by atoms with E-state index in [0.29, 0.717) is 6.61 Å². The third-order valence-corrected chi connectivity index (χ3v) is 5.82. The van der Waals surface area contributed by atoms with Gasteiger partial charge in [-0.1, -0.05) is 42.0 Å². The van der Waals surface area contributed by atoms with Crippen LogP contribution >= 0.6 is 0 Å². The number of aryl methyl sites for hydroxylation is 3. The summed E-state index contributed by atoms with van der Waals surface area (Å²) in [6.45, 7) is 10.6. The average Bonchev–Trinajstić information content (AvgIpc) is 3.20. The number of para-hydroxylation sites is 1. The average molecular weight is 440 g/mol. The summed E-state index contributed by atoms with van der Waals surface area (Å²) in [5.41, 5.74) is 8.80. The molecule has 1 heterocycles. The zero-order chi connectivity index (χ0) is 23.5. The standard InChI is InChI=1S/C29H29NO3/c1-6-32-28-21(5)29-25(26(17-33-29)23-13-12-18(2)14-19(23)3)16-24(28)20(4)15-27(31)30-22-10-8-7-9-11-22/h7-17H,6H2,1-5H3,(H,30,31)/b20-15+. The van der Waals surface area contributed by atoms with Crippen molar-refractivity contribution in [2.75, 3.05) is 11.9 Å². The molecule has 0 bridgehead atoms. The molecule has 0 radical (unpaired) electrons. The first kappa shape index (κ1) is 22.4. The van der Waals surface area contributed by atoms with Gasteiger partial charge in [0, 0.05) is 33.8 Å². The van der Waals surface area contributed by atoms with E-state index in [0.717, 1.165) is 50.2 Å². The van der Waals surface area contributed by atoms with Crippen molar-refractivity contribution >= 4 is 28.1 Å². The molecule has 0 unspecified atom stereocenters. The van der Waals surface area contributed by atoms with E-state index in [9.17, 15) is 4.79 Å². The van der Waals surface area contributed by atoms with Crippen molar-refractivity contribution in [3.63, 3.8) is 0 Å². The third-order valence-electron chi connectivity index (χ3n) is 5.82. The first-order chi connectivity index (χ1) is 15.9. The van der Waals surface area contributed by atoms with Crippen LogP contribution in [-0.2, 0) is 4.79 Å². The number of hydrogen-bond donors (Lipinski definition) is 1. The highest BCUT2D eigenvalue weighted by Crippen LogP contribution is 2.41. The minimum absolute atomic E-state index is 0.180. The summed E-state index contributed by atoms with van der Waals surface area (Å²) < 4.78 is 12.0. The summed E-state index contributed by atoms with van der Waals surface area (Å²) in [6, 6.07) is 17.9. The maximum absolute atomic E-state index is 12.7. The van der Waals surface area contributed by atoms with Crippen molar-refractivity contribution in [3.8, 4) is 16.9 Å². The quantitative estimate of drug-likeness (QED) is 0.317. The third kappa shape index (κ3) is 4.56. The monoisotopic (exact) mass is 439 g/mol. The molecule has 1 amide bonds. The Balaban J connectivity index is 1.82. The Morgan fingerprint density at radius 2 is 1.79 bits per heavy atom. The van der Waals surface area contributed by atoms with Crippen LogP contribution in [0, 0.1) is 20.8 Å². The van der Waals surface area contributed by atoms with Crippen LogP contribution in [0.2, 0.25) is 0 Å². The van der Waals surface area contributed by atoms with Crippen LogP contribution in [0.15, 0.2) is 71.4 Å². The van der Waals surface area contributed by atoms with Crippen molar-refractivity contribution in [1.29, 1.82) is 0 Å². The Morgan fingerprint density at radius 3 is 2.48 bits per heavy atom. The van der Waals surface area contributed by atoms with Gasteiger partial charge in [-0.15, -0.1) is 0 Å². The number of ether oxygens (including phenoxy) is 1. The Kier molecular flexibility index (Phi) is 6.36. The Bertz CT molecular complexity index is 1350. The van der Waals surface area contributed by atoms with Gasteiger partial charge in [-0.2, -0.15) is 0 Å². The molecule has 0 aliphatic carbocycles. The van der Waals surface area contributed by atoms with E-state index in [-0.39, 0.29) is 5.91 Å². The first-order valence-electron chi connectivity index (χ1n) is 11.2. The van der Waals surface area contributed by atoms with Crippen molar-refractivity contribution in [1.82, 2.24) is 0 Å². The molecule has 168 valence electrons. The van der Waals surface area contributed by atoms with Crippen LogP contribution in [-0.4, -0.2) is 12.5 Å². The van der Waals surface area contributed by atoms with E-state index >= 15 is 0 Å². The van der Waals surface area contributed by atoms with Crippen LogP contribution in [0.5, 0.6) is 5.75 Å². The number of rotatable bonds is 6. The molecule has 0 fully saturated rings. The van der Waals surface area contributed by atoms with Gasteiger partial charge in [0.05, 0.1) is 12.9 Å². The lowest BCUT2D eigenvalue weighted by atomic mass is 9.94. The Morgan fingerprint density at radius 1 is 1.03 bits per heavy atom. The molecule has 0 aliphatic rings. The molecule has 4 rings (SSSR count). The predicted octanol–water partition coefficient (Wildman–Crippen LogP) is 7.47. The number of nitrogens with one attached hydrogen (secondary N) is 1. The number of carbonyl (C=O) groups is 1.